The number of ether oxygens (including phenoxy) is 2. The highest BCUT2D eigenvalue weighted by Crippen LogP contribution is 2.35. The SMILES string of the molecule is CC.COc1ncc(-c2nc(N3CCOCC3)nc3c(CN4CCC(N5CCCCC5)CC4)cc(F)cc23)cc1NS(C)(=O)=O. The van der Waals surface area contributed by atoms with Crippen molar-refractivity contribution < 1.29 is 22.3 Å². The van der Waals surface area contributed by atoms with E-state index in [1.54, 1.807) is 18.3 Å². The third kappa shape index (κ3) is 8.18. The molecule has 13 heteroatoms. The normalized spacial score (nSPS) is 18.8. The van der Waals surface area contributed by atoms with E-state index in [9.17, 15) is 8.42 Å². The second-order valence-electron chi connectivity index (χ2n) is 11.7. The number of likely N-dealkylation sites (tertiary alicyclic amines) is 2. The Morgan fingerprint density at radius 3 is 2.38 bits per heavy atom. The average molecular weight is 644 g/mol. The fourth-order valence-corrected chi connectivity index (χ4v) is 7.03. The molecule has 3 fully saturated rings. The molecule has 246 valence electrons. The lowest BCUT2D eigenvalue weighted by molar-refractivity contribution is 0.0897. The van der Waals surface area contributed by atoms with E-state index in [4.69, 9.17) is 19.4 Å². The van der Waals surface area contributed by atoms with Gasteiger partial charge in [0, 0.05) is 42.8 Å². The summed E-state index contributed by atoms with van der Waals surface area (Å²) in [6.07, 6.45) is 8.76. The first-order chi connectivity index (χ1) is 21.8. The molecule has 3 saturated heterocycles. The average Bonchev–Trinajstić information content (AvgIpc) is 3.06. The van der Waals surface area contributed by atoms with Crippen LogP contribution in [-0.4, -0.2) is 105 Å². The topological polar surface area (TPSA) is 113 Å². The zero-order valence-electron chi connectivity index (χ0n) is 26.9. The summed E-state index contributed by atoms with van der Waals surface area (Å²) in [6, 6.07) is 5.28. The Hall–Kier alpha value is -3.13. The summed E-state index contributed by atoms with van der Waals surface area (Å²) >= 11 is 0. The van der Waals surface area contributed by atoms with Crippen LogP contribution in [0.1, 0.15) is 51.5 Å². The Morgan fingerprint density at radius 2 is 1.71 bits per heavy atom. The Kier molecular flexibility index (Phi) is 11.1. The Morgan fingerprint density at radius 1 is 1.00 bits per heavy atom. The number of hydrogen-bond acceptors (Lipinski definition) is 10. The summed E-state index contributed by atoms with van der Waals surface area (Å²) in [5.74, 6) is 0.280. The molecule has 3 aromatic rings. The predicted molar refractivity (Wildman–Crippen MR) is 176 cm³/mol. The third-order valence-electron chi connectivity index (χ3n) is 8.60. The Bertz CT molecular complexity index is 1550. The van der Waals surface area contributed by atoms with Crippen LogP contribution in [0.3, 0.4) is 0 Å². The van der Waals surface area contributed by atoms with Gasteiger partial charge in [0.05, 0.1) is 37.8 Å². The number of benzene rings is 1. The van der Waals surface area contributed by atoms with Gasteiger partial charge in [-0.15, -0.1) is 0 Å². The van der Waals surface area contributed by atoms with Crippen LogP contribution < -0.4 is 14.4 Å². The van der Waals surface area contributed by atoms with E-state index in [1.807, 2.05) is 13.8 Å². The van der Waals surface area contributed by atoms with Crippen LogP contribution in [0.2, 0.25) is 0 Å². The minimum absolute atomic E-state index is 0.126. The van der Waals surface area contributed by atoms with Gasteiger partial charge in [0.1, 0.15) is 11.5 Å². The van der Waals surface area contributed by atoms with Crippen molar-refractivity contribution in [2.24, 2.45) is 0 Å². The molecule has 0 atom stereocenters. The Labute approximate surface area is 266 Å². The van der Waals surface area contributed by atoms with Gasteiger partial charge in [-0.1, -0.05) is 20.3 Å². The molecule has 0 spiro atoms. The first kappa shape index (κ1) is 33.2. The van der Waals surface area contributed by atoms with Crippen LogP contribution in [0.15, 0.2) is 24.4 Å². The molecule has 0 amide bonds. The highest BCUT2D eigenvalue weighted by molar-refractivity contribution is 7.92. The van der Waals surface area contributed by atoms with Crippen molar-refractivity contribution >= 4 is 32.6 Å². The molecule has 0 bridgehead atoms. The van der Waals surface area contributed by atoms with Crippen molar-refractivity contribution in [2.75, 3.05) is 75.5 Å². The lowest BCUT2D eigenvalue weighted by Crippen LogP contribution is -2.46. The summed E-state index contributed by atoms with van der Waals surface area (Å²) in [6.45, 7) is 11.3. The zero-order valence-corrected chi connectivity index (χ0v) is 27.7. The standard InChI is InChI=1S/C30H40FN7O4S.C2H6/c1-41-29-26(35-43(2,39)40)17-21(19-32-29)27-25-18-23(31)16-22(28(25)34-30(33-27)38-12-14-42-15-13-38)20-36-10-6-24(7-11-36)37-8-4-3-5-9-37;1-2/h16-19,24,35H,3-15,20H2,1-2H3;1-2H3. The van der Waals surface area contributed by atoms with Gasteiger partial charge in [0.25, 0.3) is 0 Å². The number of morpholine rings is 1. The van der Waals surface area contributed by atoms with Gasteiger partial charge in [-0.2, -0.15) is 0 Å². The van der Waals surface area contributed by atoms with Crippen LogP contribution in [-0.2, 0) is 21.3 Å². The van der Waals surface area contributed by atoms with Crippen LogP contribution in [0.5, 0.6) is 5.88 Å². The number of halogens is 1. The maximum atomic E-state index is 15.3. The highest BCUT2D eigenvalue weighted by atomic mass is 32.2. The van der Waals surface area contributed by atoms with E-state index in [1.165, 1.54) is 45.5 Å². The van der Waals surface area contributed by atoms with Crippen LogP contribution in [0.4, 0.5) is 16.0 Å². The van der Waals surface area contributed by atoms with Gasteiger partial charge < -0.3 is 19.3 Å². The first-order valence-electron chi connectivity index (χ1n) is 16.1. The molecule has 0 radical (unpaired) electrons. The molecule has 3 aliphatic heterocycles. The maximum absolute atomic E-state index is 15.3. The fourth-order valence-electron chi connectivity index (χ4n) is 6.48. The molecule has 6 rings (SSSR count). The van der Waals surface area contributed by atoms with E-state index in [0.717, 1.165) is 37.8 Å². The molecular weight excluding hydrogens is 597 g/mol. The van der Waals surface area contributed by atoms with Crippen LogP contribution in [0, 0.1) is 5.82 Å². The van der Waals surface area contributed by atoms with Gasteiger partial charge in [-0.05, 0) is 75.6 Å². The zero-order chi connectivity index (χ0) is 32.0. The van der Waals surface area contributed by atoms with Crippen molar-refractivity contribution in [1.29, 1.82) is 0 Å². The molecule has 45 heavy (non-hydrogen) atoms. The van der Waals surface area contributed by atoms with Gasteiger partial charge in [0.15, 0.2) is 0 Å². The molecule has 1 aromatic carbocycles. The molecule has 2 aromatic heterocycles. The molecule has 3 aliphatic rings. The van der Waals surface area contributed by atoms with Crippen LogP contribution in [0.25, 0.3) is 22.2 Å². The number of pyridine rings is 1. The van der Waals surface area contributed by atoms with Gasteiger partial charge in [0.2, 0.25) is 21.9 Å². The summed E-state index contributed by atoms with van der Waals surface area (Å²) in [5, 5.41) is 0.549. The second-order valence-corrected chi connectivity index (χ2v) is 13.4. The minimum Gasteiger partial charge on any atom is -0.480 e. The smallest absolute Gasteiger partial charge is 0.238 e. The molecule has 11 nitrogen and oxygen atoms in total. The van der Waals surface area contributed by atoms with E-state index in [2.05, 4.69) is 24.4 Å². The van der Waals surface area contributed by atoms with E-state index < -0.39 is 10.0 Å². The fraction of sp³-hybridized carbons (Fsp3) is 0.594. The molecular formula is C32H46FN7O4S. The third-order valence-corrected chi connectivity index (χ3v) is 9.19. The molecule has 0 unspecified atom stereocenters. The summed E-state index contributed by atoms with van der Waals surface area (Å²) in [5.41, 5.74) is 2.66. The lowest BCUT2D eigenvalue weighted by atomic mass is 9.99. The quantitative estimate of drug-likeness (QED) is 0.376. The maximum Gasteiger partial charge on any atom is 0.238 e. The summed E-state index contributed by atoms with van der Waals surface area (Å²) in [4.78, 5) is 21.3. The first-order valence-corrected chi connectivity index (χ1v) is 18.0. The van der Waals surface area contributed by atoms with E-state index >= 15 is 4.39 Å². The van der Waals surface area contributed by atoms with E-state index in [0.29, 0.717) is 67.0 Å². The summed E-state index contributed by atoms with van der Waals surface area (Å²) < 4.78 is 52.8. The van der Waals surface area contributed by atoms with Crippen molar-refractivity contribution in [2.45, 2.75) is 58.5 Å². The van der Waals surface area contributed by atoms with E-state index in [-0.39, 0.29) is 17.4 Å². The largest absolute Gasteiger partial charge is 0.480 e. The number of nitrogens with one attached hydrogen (secondary N) is 1. The molecule has 1 N–H and O–H groups in total. The molecule has 5 heterocycles. The number of anilines is 2. The van der Waals surface area contributed by atoms with Gasteiger partial charge in [-0.3, -0.25) is 9.62 Å². The van der Waals surface area contributed by atoms with Gasteiger partial charge >= 0.3 is 0 Å². The number of sulfonamides is 1. The molecule has 0 saturated carbocycles. The second kappa shape index (κ2) is 15.0. The number of aromatic nitrogens is 3. The number of methoxy groups -OCH3 is 1. The number of nitrogens with zero attached hydrogens (tertiary/aromatic N) is 6. The summed E-state index contributed by atoms with van der Waals surface area (Å²) in [7, 11) is -2.19. The number of rotatable bonds is 8. The number of hydrogen-bond donors (Lipinski definition) is 1. The van der Waals surface area contributed by atoms with Crippen molar-refractivity contribution in [3.05, 3.63) is 35.8 Å². The molecule has 0 aliphatic carbocycles. The van der Waals surface area contributed by atoms with Crippen LogP contribution >= 0.6 is 0 Å². The van der Waals surface area contributed by atoms with Crippen molar-refractivity contribution in [1.82, 2.24) is 24.8 Å². The Balaban J connectivity index is 0.00000196. The minimum atomic E-state index is -3.61. The monoisotopic (exact) mass is 643 g/mol. The predicted octanol–water partition coefficient (Wildman–Crippen LogP) is 4.52. The van der Waals surface area contributed by atoms with Crippen molar-refractivity contribution in [3.63, 3.8) is 0 Å². The lowest BCUT2D eigenvalue weighted by Gasteiger charge is -2.40. The highest BCUT2D eigenvalue weighted by Gasteiger charge is 2.27. The van der Waals surface area contributed by atoms with Crippen molar-refractivity contribution in [3.8, 4) is 17.1 Å². The number of piperidine rings is 2. The van der Waals surface area contributed by atoms with Gasteiger partial charge in [-0.25, -0.2) is 27.8 Å². The number of fused-ring (bicyclic) bond motifs is 1.